The first-order chi connectivity index (χ1) is 18.9. The molecule has 0 aliphatic heterocycles. The van der Waals surface area contributed by atoms with Gasteiger partial charge in [0, 0.05) is 35.1 Å². The van der Waals surface area contributed by atoms with Crippen molar-refractivity contribution in [3.63, 3.8) is 0 Å². The maximum absolute atomic E-state index is 14.0. The highest BCUT2D eigenvalue weighted by molar-refractivity contribution is 7.92. The summed E-state index contributed by atoms with van der Waals surface area (Å²) in [5, 5.41) is 3.10. The Bertz CT molecular complexity index is 1440. The van der Waals surface area contributed by atoms with Crippen LogP contribution in [0.1, 0.15) is 24.5 Å². The number of anilines is 1. The summed E-state index contributed by atoms with van der Waals surface area (Å²) in [5.74, 6) is -1.86. The summed E-state index contributed by atoms with van der Waals surface area (Å²) in [6, 6.07) is 16.3. The fourth-order valence-electron chi connectivity index (χ4n) is 4.03. The van der Waals surface area contributed by atoms with Crippen molar-refractivity contribution in [1.82, 2.24) is 10.2 Å². The van der Waals surface area contributed by atoms with Gasteiger partial charge in [0.05, 0.1) is 17.0 Å². The van der Waals surface area contributed by atoms with Gasteiger partial charge in [-0.2, -0.15) is 0 Å². The molecule has 1 N–H and O–H groups in total. The van der Waals surface area contributed by atoms with Gasteiger partial charge in [-0.1, -0.05) is 78.1 Å². The Hall–Kier alpha value is -2.85. The van der Waals surface area contributed by atoms with Crippen molar-refractivity contribution in [2.24, 2.45) is 0 Å². The minimum atomic E-state index is -4.03. The Morgan fingerprint density at radius 3 is 2.17 bits per heavy atom. The van der Waals surface area contributed by atoms with Gasteiger partial charge in [-0.3, -0.25) is 13.9 Å². The molecule has 0 saturated heterocycles. The van der Waals surface area contributed by atoms with Gasteiger partial charge in [0.1, 0.15) is 18.4 Å². The average Bonchev–Trinajstić information content (AvgIpc) is 2.90. The molecule has 0 aromatic heterocycles. The van der Waals surface area contributed by atoms with Crippen LogP contribution in [0.25, 0.3) is 0 Å². The fraction of sp³-hybridized carbons (Fsp3) is 0.286. The number of carbonyl (C=O) groups is 2. The Morgan fingerprint density at radius 2 is 1.60 bits per heavy atom. The van der Waals surface area contributed by atoms with Crippen LogP contribution in [0.4, 0.5) is 10.1 Å². The van der Waals surface area contributed by atoms with Gasteiger partial charge in [0.15, 0.2) is 0 Å². The van der Waals surface area contributed by atoms with E-state index in [1.807, 2.05) is 37.3 Å². The zero-order chi connectivity index (χ0) is 29.4. The number of hydrogen-bond donors (Lipinski definition) is 1. The Balaban J connectivity index is 2.10. The molecule has 0 fully saturated rings. The van der Waals surface area contributed by atoms with Gasteiger partial charge in [-0.25, -0.2) is 12.8 Å². The van der Waals surface area contributed by atoms with Crippen LogP contribution in [0.3, 0.4) is 0 Å². The molecule has 214 valence electrons. The third kappa shape index (κ3) is 8.33. The summed E-state index contributed by atoms with van der Waals surface area (Å²) in [5.41, 5.74) is 1.18. The monoisotopic (exact) mass is 627 g/mol. The molecule has 0 aliphatic rings. The summed E-state index contributed by atoms with van der Waals surface area (Å²) in [6.45, 7) is 1.42. The second-order valence-electron chi connectivity index (χ2n) is 9.09. The van der Waals surface area contributed by atoms with Crippen LogP contribution in [0, 0.1) is 5.82 Å². The molecule has 3 rings (SSSR count). The van der Waals surface area contributed by atoms with Gasteiger partial charge in [-0.05, 0) is 42.3 Å². The van der Waals surface area contributed by atoms with E-state index in [-0.39, 0.29) is 33.7 Å². The number of hydrogen-bond acceptors (Lipinski definition) is 4. The van der Waals surface area contributed by atoms with Crippen LogP contribution < -0.4 is 9.62 Å². The quantitative estimate of drug-likeness (QED) is 0.278. The van der Waals surface area contributed by atoms with E-state index in [1.54, 1.807) is 18.2 Å². The van der Waals surface area contributed by atoms with E-state index >= 15 is 0 Å². The maximum atomic E-state index is 14.0. The minimum absolute atomic E-state index is 0.00646. The molecular formula is C28H29Cl3FN3O4S. The molecule has 1 atom stereocenters. The second kappa shape index (κ2) is 14.2. The molecule has 0 radical (unpaired) electrons. The highest BCUT2D eigenvalue weighted by Gasteiger charge is 2.33. The Morgan fingerprint density at radius 1 is 0.950 bits per heavy atom. The minimum Gasteiger partial charge on any atom is -0.354 e. The highest BCUT2D eigenvalue weighted by atomic mass is 35.5. The van der Waals surface area contributed by atoms with E-state index in [2.05, 4.69) is 5.32 Å². The van der Waals surface area contributed by atoms with Crippen molar-refractivity contribution in [1.29, 1.82) is 0 Å². The summed E-state index contributed by atoms with van der Waals surface area (Å²) < 4.78 is 40.2. The van der Waals surface area contributed by atoms with E-state index in [4.69, 9.17) is 34.8 Å². The molecule has 2 amide bonds. The van der Waals surface area contributed by atoms with Crippen LogP contribution >= 0.6 is 34.8 Å². The number of benzene rings is 3. The molecule has 3 aromatic carbocycles. The van der Waals surface area contributed by atoms with E-state index < -0.39 is 40.2 Å². The smallest absolute Gasteiger partial charge is 0.244 e. The van der Waals surface area contributed by atoms with Gasteiger partial charge in [0.2, 0.25) is 21.8 Å². The van der Waals surface area contributed by atoms with Crippen LogP contribution in [0.5, 0.6) is 0 Å². The van der Waals surface area contributed by atoms with Crippen molar-refractivity contribution >= 4 is 62.3 Å². The first kappa shape index (κ1) is 31.7. The number of nitrogens with one attached hydrogen (secondary N) is 1. The van der Waals surface area contributed by atoms with Crippen LogP contribution in [0.2, 0.25) is 15.1 Å². The van der Waals surface area contributed by atoms with E-state index in [0.717, 1.165) is 28.3 Å². The van der Waals surface area contributed by atoms with E-state index in [9.17, 15) is 22.4 Å². The summed E-state index contributed by atoms with van der Waals surface area (Å²) >= 11 is 18.8. The van der Waals surface area contributed by atoms with Crippen LogP contribution in [-0.2, 0) is 32.6 Å². The number of nitrogens with zero attached hydrogens (tertiary/aromatic N) is 2. The zero-order valence-electron chi connectivity index (χ0n) is 21.9. The first-order valence-corrected chi connectivity index (χ1v) is 15.4. The molecule has 0 saturated carbocycles. The van der Waals surface area contributed by atoms with E-state index in [0.29, 0.717) is 18.5 Å². The van der Waals surface area contributed by atoms with Gasteiger partial charge in [-0.15, -0.1) is 0 Å². The third-order valence-electron chi connectivity index (χ3n) is 6.08. The zero-order valence-corrected chi connectivity index (χ0v) is 25.0. The van der Waals surface area contributed by atoms with Gasteiger partial charge < -0.3 is 10.2 Å². The predicted octanol–water partition coefficient (Wildman–Crippen LogP) is 5.72. The lowest BCUT2D eigenvalue weighted by atomic mass is 10.0. The molecule has 0 aliphatic carbocycles. The van der Waals surface area contributed by atoms with Crippen molar-refractivity contribution in [3.8, 4) is 0 Å². The van der Waals surface area contributed by atoms with Crippen molar-refractivity contribution in [3.05, 3.63) is 98.7 Å². The molecule has 0 spiro atoms. The number of carbonyl (C=O) groups excluding carboxylic acids is 2. The van der Waals surface area contributed by atoms with Gasteiger partial charge in [0.25, 0.3) is 0 Å². The Kier molecular flexibility index (Phi) is 11.2. The molecule has 3 aromatic rings. The molecule has 0 unspecified atom stereocenters. The van der Waals surface area contributed by atoms with Crippen LogP contribution in [0.15, 0.2) is 66.7 Å². The summed E-state index contributed by atoms with van der Waals surface area (Å²) in [6.07, 6.45) is 1.73. The average molecular weight is 629 g/mol. The first-order valence-electron chi connectivity index (χ1n) is 12.4. The molecular weight excluding hydrogens is 600 g/mol. The second-order valence-corrected chi connectivity index (χ2v) is 12.2. The van der Waals surface area contributed by atoms with Crippen molar-refractivity contribution < 1.29 is 22.4 Å². The topological polar surface area (TPSA) is 86.8 Å². The number of sulfonamides is 1. The molecule has 40 heavy (non-hydrogen) atoms. The third-order valence-corrected chi connectivity index (χ3v) is 8.22. The fourth-order valence-corrected chi connectivity index (χ4v) is 5.56. The molecule has 0 bridgehead atoms. The Labute approximate surface area is 248 Å². The number of rotatable bonds is 12. The number of halogens is 4. The molecule has 0 heterocycles. The predicted molar refractivity (Wildman–Crippen MR) is 158 cm³/mol. The largest absolute Gasteiger partial charge is 0.354 e. The van der Waals surface area contributed by atoms with Gasteiger partial charge >= 0.3 is 0 Å². The highest BCUT2D eigenvalue weighted by Crippen LogP contribution is 2.29. The molecule has 12 heteroatoms. The SMILES string of the molecule is CCCNC(=O)[C@@H](Cc1ccccc1)N(Cc1c(Cl)cccc1Cl)C(=O)CN(c1ccc(F)c(Cl)c1)S(C)(=O)=O. The number of amides is 2. The van der Waals surface area contributed by atoms with Crippen LogP contribution in [-0.4, -0.2) is 50.5 Å². The standard InChI is InChI=1S/C28H29Cl3FN3O4S/c1-3-14-33-28(37)26(15-19-8-5-4-6-9-19)34(17-21-22(29)10-7-11-23(21)30)27(36)18-35(40(2,38)39)20-12-13-25(32)24(31)16-20/h4-13,16,26H,3,14-15,17-18H2,1-2H3,(H,33,37)/t26-/m1/s1. The summed E-state index contributed by atoms with van der Waals surface area (Å²) in [7, 11) is -4.03. The normalized spacial score (nSPS) is 12.1. The van der Waals surface area contributed by atoms with Crippen molar-refractivity contribution in [2.45, 2.75) is 32.4 Å². The maximum Gasteiger partial charge on any atom is 0.244 e. The van der Waals surface area contributed by atoms with E-state index in [1.165, 1.54) is 11.0 Å². The summed E-state index contributed by atoms with van der Waals surface area (Å²) in [4.78, 5) is 28.8. The lowest BCUT2D eigenvalue weighted by Crippen LogP contribution is -2.53. The lowest BCUT2D eigenvalue weighted by molar-refractivity contribution is -0.140. The molecule has 7 nitrogen and oxygen atoms in total. The van der Waals surface area contributed by atoms with Crippen molar-refractivity contribution in [2.75, 3.05) is 23.7 Å². The lowest BCUT2D eigenvalue weighted by Gasteiger charge is -2.34.